The van der Waals surface area contributed by atoms with E-state index in [1.54, 1.807) is 0 Å². The zero-order chi connectivity index (χ0) is 5.11. The Morgan fingerprint density at radius 3 is 2.86 bits per heavy atom. The van der Waals surface area contributed by atoms with Crippen molar-refractivity contribution in [3.8, 4) is 0 Å². The van der Waals surface area contributed by atoms with E-state index >= 15 is 0 Å². The summed E-state index contributed by atoms with van der Waals surface area (Å²) < 4.78 is 8.17. The molecule has 1 atom stereocenters. The molecule has 0 aromatic carbocycles. The van der Waals surface area contributed by atoms with Crippen molar-refractivity contribution < 1.29 is 4.18 Å². The average Bonchev–Trinajstić information content (AvgIpc) is 1.69. The largest absolute Gasteiger partial charge is 0.409 e. The van der Waals surface area contributed by atoms with Gasteiger partial charge >= 0.3 is 0 Å². The summed E-state index contributed by atoms with van der Waals surface area (Å²) in [6.07, 6.45) is 2.89. The highest BCUT2D eigenvalue weighted by molar-refractivity contribution is 8.25. The van der Waals surface area contributed by atoms with Crippen LogP contribution < -0.4 is 0 Å². The molecule has 0 spiro atoms. The van der Waals surface area contributed by atoms with Crippen LogP contribution in [0.5, 0.6) is 0 Å². The summed E-state index contributed by atoms with van der Waals surface area (Å²) in [5, 5.41) is 3.49. The lowest BCUT2D eigenvalue weighted by molar-refractivity contribution is 0.549. The summed E-state index contributed by atoms with van der Waals surface area (Å²) in [6, 6.07) is 0. The molecule has 1 aliphatic rings. The van der Waals surface area contributed by atoms with Gasteiger partial charge in [0.15, 0.2) is 0 Å². The summed E-state index contributed by atoms with van der Waals surface area (Å²) >= 11 is 4.58. The molecular weight excluding hydrogens is 132 g/mol. The fourth-order valence-electron chi connectivity index (χ4n) is 0.185. The van der Waals surface area contributed by atoms with Gasteiger partial charge in [-0.25, -0.2) is 0 Å². The summed E-state index contributed by atoms with van der Waals surface area (Å²) in [5.74, 6) is 0. The van der Waals surface area contributed by atoms with Crippen LogP contribution in [0.4, 0.5) is 0 Å². The molecule has 0 aromatic rings. The normalized spacial score (nSPS) is 27.1. The van der Waals surface area contributed by atoms with Gasteiger partial charge in [0.05, 0.1) is 6.20 Å². The maximum atomic E-state index is 4.68. The van der Waals surface area contributed by atoms with E-state index in [1.807, 2.05) is 0 Å². The Kier molecular flexibility index (Phi) is 1.48. The van der Waals surface area contributed by atoms with E-state index in [4.69, 9.17) is 0 Å². The second-order valence-corrected chi connectivity index (χ2v) is 2.44. The summed E-state index contributed by atoms with van der Waals surface area (Å²) in [5.41, 5.74) is 0. The summed E-state index contributed by atoms with van der Waals surface area (Å²) in [4.78, 5) is 0. The lowest BCUT2D eigenvalue weighted by atomic mass is 11.0. The van der Waals surface area contributed by atoms with Crippen LogP contribution in [0.3, 0.4) is 0 Å². The fraction of sp³-hybridized carbons (Fsp3) is 0. The van der Waals surface area contributed by atoms with Crippen LogP contribution in [-0.4, -0.2) is 0 Å². The van der Waals surface area contributed by atoms with E-state index in [1.165, 1.54) is 12.5 Å². The summed E-state index contributed by atoms with van der Waals surface area (Å²) in [6.45, 7) is 0. The third-order valence-corrected chi connectivity index (χ3v) is 1.32. The number of hydrogen-bond donors (Lipinski definition) is 0. The maximum absolute atomic E-state index is 4.68. The summed E-state index contributed by atoms with van der Waals surface area (Å²) in [7, 11) is -0.735. The average molecular weight is 134 g/mol. The Morgan fingerprint density at radius 2 is 2.57 bits per heavy atom. The lowest BCUT2D eigenvalue weighted by Gasteiger charge is -1.94. The Balaban J connectivity index is 2.66. The monoisotopic (exact) mass is 134 g/mol. The number of rotatable bonds is 0. The highest BCUT2D eigenvalue weighted by Gasteiger charge is 1.88. The molecular formula is C2H2N2OS2. The van der Waals surface area contributed by atoms with Gasteiger partial charge in [-0.05, 0) is 0 Å². The zero-order valence-corrected chi connectivity index (χ0v) is 4.91. The Morgan fingerprint density at radius 1 is 1.71 bits per heavy atom. The number of nitrogens with zero attached hydrogens (tertiary/aromatic N) is 2. The predicted molar refractivity (Wildman–Crippen MR) is 29.8 cm³/mol. The van der Waals surface area contributed by atoms with Gasteiger partial charge in [-0.1, -0.05) is 4.52 Å². The van der Waals surface area contributed by atoms with Gasteiger partial charge < -0.3 is 4.18 Å². The highest BCUT2D eigenvalue weighted by Crippen LogP contribution is 1.97. The molecule has 5 heteroatoms. The third kappa shape index (κ3) is 1.32. The van der Waals surface area contributed by atoms with Gasteiger partial charge in [-0.3, -0.25) is 0 Å². The van der Waals surface area contributed by atoms with E-state index in [0.717, 1.165) is 0 Å². The second-order valence-electron chi connectivity index (χ2n) is 0.796. The standard InChI is InChI=1S/C2H2N2OS2/c6-7-4-3-1-2-5-7/h1-2H. The highest BCUT2D eigenvalue weighted by atomic mass is 32.8. The molecule has 0 amide bonds. The third-order valence-electron chi connectivity index (χ3n) is 0.379. The topological polar surface area (TPSA) is 34.0 Å². The molecule has 0 bridgehead atoms. The van der Waals surface area contributed by atoms with Crippen LogP contribution in [0.15, 0.2) is 22.1 Å². The van der Waals surface area contributed by atoms with Crippen molar-refractivity contribution in [3.63, 3.8) is 0 Å². The molecule has 38 valence electrons. The van der Waals surface area contributed by atoms with Gasteiger partial charge in [0.1, 0.15) is 6.26 Å². The first kappa shape index (κ1) is 4.86. The van der Waals surface area contributed by atoms with Crippen LogP contribution in [0.2, 0.25) is 0 Å². The van der Waals surface area contributed by atoms with Crippen molar-refractivity contribution in [2.45, 2.75) is 0 Å². The molecule has 0 saturated carbocycles. The van der Waals surface area contributed by atoms with Crippen LogP contribution in [-0.2, 0) is 25.3 Å². The Hall–Kier alpha value is -0.290. The molecule has 1 unspecified atom stereocenters. The first-order valence-corrected chi connectivity index (χ1v) is 3.57. The van der Waals surface area contributed by atoms with Gasteiger partial charge in [0, 0.05) is 11.2 Å². The molecule has 1 rings (SSSR count). The van der Waals surface area contributed by atoms with Crippen LogP contribution in [0, 0.1) is 0 Å². The van der Waals surface area contributed by atoms with Crippen LogP contribution >= 0.6 is 0 Å². The molecule has 0 fully saturated rings. The van der Waals surface area contributed by atoms with Crippen molar-refractivity contribution in [1.82, 2.24) is 0 Å². The molecule has 0 radical (unpaired) electrons. The Labute approximate surface area is 48.0 Å². The van der Waals surface area contributed by atoms with E-state index < -0.39 is 9.92 Å². The van der Waals surface area contributed by atoms with E-state index in [-0.39, 0.29) is 0 Å². The van der Waals surface area contributed by atoms with Gasteiger partial charge in [-0.15, -0.1) is 5.11 Å². The lowest BCUT2D eigenvalue weighted by Crippen LogP contribution is -1.84. The second kappa shape index (κ2) is 2.13. The van der Waals surface area contributed by atoms with E-state index in [9.17, 15) is 0 Å². The SMILES string of the molecule is S=S1N=NC=CO1. The molecule has 3 nitrogen and oxygen atoms in total. The maximum Gasteiger partial charge on any atom is 0.203 e. The van der Waals surface area contributed by atoms with E-state index in [0.29, 0.717) is 0 Å². The minimum atomic E-state index is -0.735. The molecule has 7 heavy (non-hydrogen) atoms. The first-order valence-electron chi connectivity index (χ1n) is 1.54. The van der Waals surface area contributed by atoms with Crippen molar-refractivity contribution >= 4 is 21.1 Å². The fourth-order valence-corrected chi connectivity index (χ4v) is 0.751. The molecule has 0 aromatic heterocycles. The first-order chi connectivity index (χ1) is 3.39. The predicted octanol–water partition coefficient (Wildman–Crippen LogP) is 0.850. The van der Waals surface area contributed by atoms with Gasteiger partial charge in [0.25, 0.3) is 0 Å². The van der Waals surface area contributed by atoms with Gasteiger partial charge in [0.2, 0.25) is 9.92 Å². The quantitative estimate of drug-likeness (QED) is 0.492. The molecule has 0 aliphatic carbocycles. The zero-order valence-electron chi connectivity index (χ0n) is 3.27. The molecule has 0 N–H and O–H groups in total. The molecule has 1 aliphatic heterocycles. The van der Waals surface area contributed by atoms with Crippen molar-refractivity contribution in [1.29, 1.82) is 0 Å². The van der Waals surface area contributed by atoms with Gasteiger partial charge in [-0.2, -0.15) is 0 Å². The molecule has 1 heterocycles. The van der Waals surface area contributed by atoms with E-state index in [2.05, 4.69) is 25.0 Å². The number of hydrogen-bond acceptors (Lipinski definition) is 3. The van der Waals surface area contributed by atoms with Crippen molar-refractivity contribution in [2.24, 2.45) is 9.63 Å². The van der Waals surface area contributed by atoms with Crippen LogP contribution in [0.25, 0.3) is 0 Å². The van der Waals surface area contributed by atoms with Crippen molar-refractivity contribution in [3.05, 3.63) is 12.5 Å². The van der Waals surface area contributed by atoms with Crippen molar-refractivity contribution in [2.75, 3.05) is 0 Å². The minimum Gasteiger partial charge on any atom is -0.409 e. The molecule has 0 saturated heterocycles. The van der Waals surface area contributed by atoms with Crippen LogP contribution in [0.1, 0.15) is 0 Å². The minimum absolute atomic E-state index is 0.735. The Bertz CT molecular complexity index is 141. The smallest absolute Gasteiger partial charge is 0.203 e.